The van der Waals surface area contributed by atoms with Gasteiger partial charge >= 0.3 is 6.18 Å². The average Bonchev–Trinajstić information content (AvgIpc) is 2.51. The maximum atomic E-state index is 12.9. The maximum absolute atomic E-state index is 12.9. The van der Waals surface area contributed by atoms with Crippen LogP contribution in [0.25, 0.3) is 0 Å². The molecule has 0 aliphatic rings. The van der Waals surface area contributed by atoms with Gasteiger partial charge in [0, 0.05) is 12.6 Å². The molecule has 0 heterocycles. The number of rotatable bonds is 10. The molecule has 8 heteroatoms. The number of hydrogen-bond acceptors (Lipinski definition) is 5. The number of aryl methyl sites for hydroxylation is 1. The lowest BCUT2D eigenvalue weighted by Crippen LogP contribution is -2.46. The molecule has 0 amide bonds. The van der Waals surface area contributed by atoms with E-state index in [1.807, 2.05) is 0 Å². The molecule has 1 aromatic carbocycles. The van der Waals surface area contributed by atoms with E-state index in [0.717, 1.165) is 12.1 Å². The SMILES string of the molecule is COCOCC(N)(CCc1ccc(O)c(C(F)(F)F)c1)CCC(C)(C)O. The van der Waals surface area contributed by atoms with Gasteiger partial charge < -0.3 is 25.4 Å². The van der Waals surface area contributed by atoms with Gasteiger partial charge in [0.05, 0.1) is 17.8 Å². The molecule has 1 rings (SSSR count). The number of aromatic hydroxyl groups is 1. The molecule has 4 N–H and O–H groups in total. The van der Waals surface area contributed by atoms with Crippen LogP contribution in [0.3, 0.4) is 0 Å². The minimum atomic E-state index is -4.62. The normalized spacial score (nSPS) is 15.1. The molecule has 0 bridgehead atoms. The van der Waals surface area contributed by atoms with Gasteiger partial charge in [0.1, 0.15) is 12.5 Å². The summed E-state index contributed by atoms with van der Waals surface area (Å²) in [6, 6.07) is 3.41. The lowest BCUT2D eigenvalue weighted by Gasteiger charge is -2.32. The van der Waals surface area contributed by atoms with E-state index in [0.29, 0.717) is 24.8 Å². The van der Waals surface area contributed by atoms with Crippen molar-refractivity contribution in [1.29, 1.82) is 0 Å². The summed E-state index contributed by atoms with van der Waals surface area (Å²) in [6.07, 6.45) is -3.13. The highest BCUT2D eigenvalue weighted by molar-refractivity contribution is 5.38. The van der Waals surface area contributed by atoms with Crippen LogP contribution in [-0.4, -0.2) is 41.9 Å². The number of benzene rings is 1. The largest absolute Gasteiger partial charge is 0.507 e. The van der Waals surface area contributed by atoms with E-state index in [1.165, 1.54) is 13.2 Å². The predicted molar refractivity (Wildman–Crippen MR) is 91.7 cm³/mol. The van der Waals surface area contributed by atoms with Crippen molar-refractivity contribution in [1.82, 2.24) is 0 Å². The second-order valence-electron chi connectivity index (χ2n) is 7.28. The average molecular weight is 379 g/mol. The smallest absolute Gasteiger partial charge is 0.419 e. The highest BCUT2D eigenvalue weighted by atomic mass is 19.4. The number of aliphatic hydroxyl groups is 1. The van der Waals surface area contributed by atoms with Crippen LogP contribution in [0.4, 0.5) is 13.2 Å². The quantitative estimate of drug-likeness (QED) is 0.429. The molecule has 0 saturated carbocycles. The molecule has 0 aromatic heterocycles. The number of halogens is 3. The second-order valence-corrected chi connectivity index (χ2v) is 7.28. The van der Waals surface area contributed by atoms with Crippen molar-refractivity contribution in [2.75, 3.05) is 20.5 Å². The summed E-state index contributed by atoms with van der Waals surface area (Å²) in [5.41, 5.74) is 4.00. The Morgan fingerprint density at radius 1 is 1.12 bits per heavy atom. The molecule has 150 valence electrons. The van der Waals surface area contributed by atoms with Crippen molar-refractivity contribution in [3.05, 3.63) is 29.3 Å². The molecule has 0 radical (unpaired) electrons. The van der Waals surface area contributed by atoms with Crippen molar-refractivity contribution < 1.29 is 32.9 Å². The highest BCUT2D eigenvalue weighted by Crippen LogP contribution is 2.36. The molecule has 0 saturated heterocycles. The monoisotopic (exact) mass is 379 g/mol. The Morgan fingerprint density at radius 2 is 1.77 bits per heavy atom. The summed E-state index contributed by atoms with van der Waals surface area (Å²) in [4.78, 5) is 0. The highest BCUT2D eigenvalue weighted by Gasteiger charge is 2.34. The number of nitrogens with two attached hydrogens (primary N) is 1. The van der Waals surface area contributed by atoms with Gasteiger partial charge in [-0.2, -0.15) is 13.2 Å². The van der Waals surface area contributed by atoms with Crippen LogP contribution in [0.15, 0.2) is 18.2 Å². The molecule has 1 atom stereocenters. The molecule has 26 heavy (non-hydrogen) atoms. The number of alkyl halides is 3. The summed E-state index contributed by atoms with van der Waals surface area (Å²) >= 11 is 0. The van der Waals surface area contributed by atoms with E-state index in [1.54, 1.807) is 13.8 Å². The predicted octanol–water partition coefficient (Wildman–Crippen LogP) is 3.21. The third-order valence-electron chi connectivity index (χ3n) is 4.10. The third kappa shape index (κ3) is 7.90. The molecule has 1 aromatic rings. The Labute approximate surface area is 151 Å². The van der Waals surface area contributed by atoms with E-state index < -0.39 is 28.6 Å². The molecule has 0 aliphatic heterocycles. The van der Waals surface area contributed by atoms with Gasteiger partial charge in [0.15, 0.2) is 0 Å². The lowest BCUT2D eigenvalue weighted by atomic mass is 9.85. The summed E-state index contributed by atoms with van der Waals surface area (Å²) in [6.45, 7) is 3.54. The van der Waals surface area contributed by atoms with E-state index in [2.05, 4.69) is 0 Å². The Hall–Kier alpha value is -1.35. The number of hydrogen-bond donors (Lipinski definition) is 3. The Bertz CT molecular complexity index is 573. The molecule has 0 spiro atoms. The van der Waals surface area contributed by atoms with Gasteiger partial charge in [-0.05, 0) is 57.2 Å². The van der Waals surface area contributed by atoms with Gasteiger partial charge in [0.25, 0.3) is 0 Å². The summed E-state index contributed by atoms with van der Waals surface area (Å²) in [7, 11) is 1.48. The van der Waals surface area contributed by atoms with Gasteiger partial charge in [0.2, 0.25) is 0 Å². The maximum Gasteiger partial charge on any atom is 0.419 e. The number of methoxy groups -OCH3 is 1. The summed E-state index contributed by atoms with van der Waals surface area (Å²) in [5.74, 6) is -0.800. The number of phenolic OH excluding ortho intramolecular Hbond substituents is 1. The van der Waals surface area contributed by atoms with Crippen LogP contribution in [0.5, 0.6) is 5.75 Å². The summed E-state index contributed by atoms with van der Waals surface area (Å²) in [5, 5.41) is 19.3. The Kier molecular flexibility index (Phi) is 7.88. The first-order chi connectivity index (χ1) is 11.9. The zero-order valence-electron chi connectivity index (χ0n) is 15.4. The fourth-order valence-corrected chi connectivity index (χ4v) is 2.51. The standard InChI is InChI=1S/C18H28F3NO4/c1-16(2,24)8-9-17(22,11-26-12-25-3)7-6-13-4-5-15(23)14(10-13)18(19,20)21/h4-5,10,23-24H,6-9,11-12,22H2,1-3H3. The van der Waals surface area contributed by atoms with Crippen LogP contribution >= 0.6 is 0 Å². The first-order valence-corrected chi connectivity index (χ1v) is 8.33. The minimum absolute atomic E-state index is 0.0545. The van der Waals surface area contributed by atoms with Crippen LogP contribution in [0.2, 0.25) is 0 Å². The van der Waals surface area contributed by atoms with Gasteiger partial charge in [-0.1, -0.05) is 6.07 Å². The van der Waals surface area contributed by atoms with E-state index in [9.17, 15) is 23.4 Å². The first kappa shape index (κ1) is 22.7. The number of ether oxygens (including phenoxy) is 2. The van der Waals surface area contributed by atoms with Crippen molar-refractivity contribution in [2.45, 2.75) is 56.8 Å². The Balaban J connectivity index is 2.84. The van der Waals surface area contributed by atoms with Crippen molar-refractivity contribution in [3.8, 4) is 5.75 Å². The van der Waals surface area contributed by atoms with E-state index >= 15 is 0 Å². The van der Waals surface area contributed by atoms with Gasteiger partial charge in [-0.25, -0.2) is 0 Å². The molecule has 5 nitrogen and oxygen atoms in total. The molecule has 1 unspecified atom stereocenters. The van der Waals surface area contributed by atoms with Crippen molar-refractivity contribution in [3.63, 3.8) is 0 Å². The molecule has 0 aliphatic carbocycles. The van der Waals surface area contributed by atoms with Crippen molar-refractivity contribution in [2.24, 2.45) is 5.73 Å². The topological polar surface area (TPSA) is 84.9 Å². The third-order valence-corrected chi connectivity index (χ3v) is 4.10. The Morgan fingerprint density at radius 3 is 2.31 bits per heavy atom. The summed E-state index contributed by atoms with van der Waals surface area (Å²) < 4.78 is 48.9. The van der Waals surface area contributed by atoms with Gasteiger partial charge in [-0.3, -0.25) is 0 Å². The lowest BCUT2D eigenvalue weighted by molar-refractivity contribution is -0.138. The number of phenols is 1. The zero-order chi connectivity index (χ0) is 20.0. The molecule has 0 fully saturated rings. The fourth-order valence-electron chi connectivity index (χ4n) is 2.51. The van der Waals surface area contributed by atoms with Crippen LogP contribution < -0.4 is 5.73 Å². The van der Waals surface area contributed by atoms with Crippen LogP contribution in [0.1, 0.15) is 44.2 Å². The first-order valence-electron chi connectivity index (χ1n) is 8.33. The van der Waals surface area contributed by atoms with E-state index in [4.69, 9.17) is 15.2 Å². The van der Waals surface area contributed by atoms with Crippen LogP contribution in [0, 0.1) is 0 Å². The minimum Gasteiger partial charge on any atom is -0.507 e. The van der Waals surface area contributed by atoms with Gasteiger partial charge in [-0.15, -0.1) is 0 Å². The van der Waals surface area contributed by atoms with Crippen LogP contribution in [-0.2, 0) is 22.1 Å². The van der Waals surface area contributed by atoms with Crippen molar-refractivity contribution >= 4 is 0 Å². The van der Waals surface area contributed by atoms with E-state index in [-0.39, 0.29) is 19.8 Å². The molecular formula is C18H28F3NO4. The zero-order valence-corrected chi connectivity index (χ0v) is 15.4. The fraction of sp³-hybridized carbons (Fsp3) is 0.667. The molecular weight excluding hydrogens is 351 g/mol. The second kappa shape index (κ2) is 9.03.